The van der Waals surface area contributed by atoms with Gasteiger partial charge >= 0.3 is 5.97 Å². The lowest BCUT2D eigenvalue weighted by atomic mass is 9.72. The molecule has 108 valence electrons. The van der Waals surface area contributed by atoms with Gasteiger partial charge in [0.05, 0.1) is 7.11 Å². The Balaban J connectivity index is 1.95. The van der Waals surface area contributed by atoms with E-state index in [2.05, 4.69) is 23.2 Å². The van der Waals surface area contributed by atoms with Crippen LogP contribution in [0.25, 0.3) is 0 Å². The quantitative estimate of drug-likeness (QED) is 0.857. The SMILES string of the molecule is COC(=O)C1(Nc2ccccc2C)CN2CCC1CC2. The smallest absolute Gasteiger partial charge is 0.333 e. The number of para-hydroxylation sites is 1. The third-order valence-corrected chi connectivity index (χ3v) is 4.81. The van der Waals surface area contributed by atoms with Gasteiger partial charge in [0, 0.05) is 12.2 Å². The average molecular weight is 274 g/mol. The van der Waals surface area contributed by atoms with Crippen LogP contribution in [0.4, 0.5) is 5.69 Å². The Hall–Kier alpha value is -1.55. The Bertz CT molecular complexity index is 509. The lowest BCUT2D eigenvalue weighted by Gasteiger charge is -2.52. The van der Waals surface area contributed by atoms with E-state index in [4.69, 9.17) is 4.74 Å². The van der Waals surface area contributed by atoms with Gasteiger partial charge in [-0.2, -0.15) is 0 Å². The number of piperidine rings is 3. The number of rotatable bonds is 3. The molecule has 3 saturated heterocycles. The van der Waals surface area contributed by atoms with E-state index in [-0.39, 0.29) is 5.97 Å². The van der Waals surface area contributed by atoms with Crippen LogP contribution < -0.4 is 5.32 Å². The minimum absolute atomic E-state index is 0.129. The van der Waals surface area contributed by atoms with Crippen LogP contribution in [0.2, 0.25) is 0 Å². The maximum atomic E-state index is 12.5. The molecule has 1 aromatic rings. The third-order valence-electron chi connectivity index (χ3n) is 4.81. The summed E-state index contributed by atoms with van der Waals surface area (Å²) in [6.07, 6.45) is 2.13. The van der Waals surface area contributed by atoms with Crippen LogP contribution in [0.15, 0.2) is 24.3 Å². The molecule has 1 unspecified atom stereocenters. The van der Waals surface area contributed by atoms with E-state index in [0.29, 0.717) is 5.92 Å². The maximum absolute atomic E-state index is 12.5. The number of hydrogen-bond donors (Lipinski definition) is 1. The van der Waals surface area contributed by atoms with Gasteiger partial charge in [-0.05, 0) is 50.4 Å². The first-order valence-corrected chi connectivity index (χ1v) is 7.30. The average Bonchev–Trinajstić information content (AvgIpc) is 2.50. The summed E-state index contributed by atoms with van der Waals surface area (Å²) in [6.45, 7) is 5.01. The number of nitrogens with zero attached hydrogens (tertiary/aromatic N) is 1. The van der Waals surface area contributed by atoms with Crippen molar-refractivity contribution < 1.29 is 9.53 Å². The molecule has 1 aromatic carbocycles. The zero-order valence-electron chi connectivity index (χ0n) is 12.2. The molecule has 0 radical (unpaired) electrons. The Kier molecular flexibility index (Phi) is 3.42. The van der Waals surface area contributed by atoms with Crippen molar-refractivity contribution in [3.8, 4) is 0 Å². The van der Waals surface area contributed by atoms with E-state index in [1.807, 2.05) is 18.2 Å². The zero-order chi connectivity index (χ0) is 14.2. The van der Waals surface area contributed by atoms with Crippen LogP contribution >= 0.6 is 0 Å². The molecule has 4 rings (SSSR count). The number of carbonyl (C=O) groups excluding carboxylic acids is 1. The number of aryl methyl sites for hydroxylation is 1. The van der Waals surface area contributed by atoms with Crippen LogP contribution in [0, 0.1) is 12.8 Å². The molecule has 4 heteroatoms. The van der Waals surface area contributed by atoms with Gasteiger partial charge in [0.15, 0.2) is 5.54 Å². The van der Waals surface area contributed by atoms with Crippen molar-refractivity contribution in [2.24, 2.45) is 5.92 Å². The molecule has 3 heterocycles. The summed E-state index contributed by atoms with van der Waals surface area (Å²) in [5.74, 6) is 0.231. The van der Waals surface area contributed by atoms with Crippen molar-refractivity contribution in [1.82, 2.24) is 4.90 Å². The molecule has 20 heavy (non-hydrogen) atoms. The molecule has 1 atom stereocenters. The predicted octanol–water partition coefficient (Wildman–Crippen LogP) is 2.04. The van der Waals surface area contributed by atoms with Crippen molar-refractivity contribution in [2.75, 3.05) is 32.1 Å². The van der Waals surface area contributed by atoms with Crippen molar-refractivity contribution >= 4 is 11.7 Å². The normalized spacial score (nSPS) is 31.9. The van der Waals surface area contributed by atoms with Gasteiger partial charge in [-0.1, -0.05) is 18.2 Å². The van der Waals surface area contributed by atoms with E-state index in [0.717, 1.165) is 43.7 Å². The highest BCUT2D eigenvalue weighted by molar-refractivity contribution is 5.86. The second-order valence-corrected chi connectivity index (χ2v) is 5.95. The van der Waals surface area contributed by atoms with Crippen molar-refractivity contribution in [2.45, 2.75) is 25.3 Å². The highest BCUT2D eigenvalue weighted by Gasteiger charge is 2.53. The van der Waals surface area contributed by atoms with Gasteiger partial charge in [-0.3, -0.25) is 0 Å². The minimum Gasteiger partial charge on any atom is -0.467 e. The summed E-state index contributed by atoms with van der Waals surface area (Å²) in [7, 11) is 1.49. The van der Waals surface area contributed by atoms with E-state index in [1.165, 1.54) is 7.11 Å². The Labute approximate surface area is 120 Å². The molecule has 0 aromatic heterocycles. The minimum atomic E-state index is -0.586. The van der Waals surface area contributed by atoms with Crippen LogP contribution in [-0.4, -0.2) is 43.2 Å². The zero-order valence-corrected chi connectivity index (χ0v) is 12.2. The monoisotopic (exact) mass is 274 g/mol. The molecule has 3 aliphatic rings. The molecule has 3 fully saturated rings. The Morgan fingerprint density at radius 3 is 2.60 bits per heavy atom. The second-order valence-electron chi connectivity index (χ2n) is 5.95. The fourth-order valence-electron chi connectivity index (χ4n) is 3.63. The summed E-state index contributed by atoms with van der Waals surface area (Å²) < 4.78 is 5.13. The van der Waals surface area contributed by atoms with Crippen LogP contribution in [0.3, 0.4) is 0 Å². The second kappa shape index (κ2) is 5.09. The van der Waals surface area contributed by atoms with E-state index in [9.17, 15) is 4.79 Å². The molecular weight excluding hydrogens is 252 g/mol. The number of anilines is 1. The van der Waals surface area contributed by atoms with Crippen molar-refractivity contribution in [3.63, 3.8) is 0 Å². The topological polar surface area (TPSA) is 41.6 Å². The Morgan fingerprint density at radius 2 is 2.05 bits per heavy atom. The number of benzene rings is 1. The molecule has 0 amide bonds. The fourth-order valence-corrected chi connectivity index (χ4v) is 3.63. The number of carbonyl (C=O) groups is 1. The first-order valence-electron chi connectivity index (χ1n) is 7.30. The van der Waals surface area contributed by atoms with Gasteiger partial charge in [-0.25, -0.2) is 4.79 Å². The molecule has 1 N–H and O–H groups in total. The number of methoxy groups -OCH3 is 1. The highest BCUT2D eigenvalue weighted by atomic mass is 16.5. The number of nitrogens with one attached hydrogen (secondary N) is 1. The highest BCUT2D eigenvalue weighted by Crippen LogP contribution is 2.39. The summed E-state index contributed by atoms with van der Waals surface area (Å²) in [5, 5.41) is 3.53. The Morgan fingerprint density at radius 1 is 1.35 bits per heavy atom. The van der Waals surface area contributed by atoms with Gasteiger partial charge in [0.25, 0.3) is 0 Å². The van der Waals surface area contributed by atoms with Crippen LogP contribution in [0.1, 0.15) is 18.4 Å². The molecule has 2 bridgehead atoms. The van der Waals surface area contributed by atoms with E-state index < -0.39 is 5.54 Å². The predicted molar refractivity (Wildman–Crippen MR) is 78.7 cm³/mol. The standard InChI is InChI=1S/C16H22N2O2/c1-12-5-3-4-6-14(12)17-16(15(19)20-2)11-18-9-7-13(16)8-10-18/h3-6,13,17H,7-11H2,1-2H3. The number of fused-ring (bicyclic) bond motifs is 3. The van der Waals surface area contributed by atoms with Gasteiger partial charge < -0.3 is 15.0 Å². The van der Waals surface area contributed by atoms with Gasteiger partial charge in [-0.15, -0.1) is 0 Å². The maximum Gasteiger partial charge on any atom is 0.333 e. The summed E-state index contributed by atoms with van der Waals surface area (Å²) in [6, 6.07) is 8.12. The fraction of sp³-hybridized carbons (Fsp3) is 0.562. The molecule has 4 nitrogen and oxygen atoms in total. The van der Waals surface area contributed by atoms with Gasteiger partial charge in [0.2, 0.25) is 0 Å². The van der Waals surface area contributed by atoms with Crippen molar-refractivity contribution in [3.05, 3.63) is 29.8 Å². The first kappa shape index (κ1) is 13.4. The van der Waals surface area contributed by atoms with Crippen molar-refractivity contribution in [1.29, 1.82) is 0 Å². The largest absolute Gasteiger partial charge is 0.467 e. The molecule has 3 aliphatic heterocycles. The van der Waals surface area contributed by atoms with Crippen LogP contribution in [-0.2, 0) is 9.53 Å². The molecule has 0 saturated carbocycles. The summed E-state index contributed by atoms with van der Waals surface area (Å²) >= 11 is 0. The summed E-state index contributed by atoms with van der Waals surface area (Å²) in [4.78, 5) is 14.8. The van der Waals surface area contributed by atoms with E-state index >= 15 is 0 Å². The molecule has 0 aliphatic carbocycles. The van der Waals surface area contributed by atoms with E-state index in [1.54, 1.807) is 0 Å². The lowest BCUT2D eigenvalue weighted by molar-refractivity contribution is -0.153. The summed E-state index contributed by atoms with van der Waals surface area (Å²) in [5.41, 5.74) is 1.61. The van der Waals surface area contributed by atoms with Gasteiger partial charge in [0.1, 0.15) is 0 Å². The molecular formula is C16H22N2O2. The number of esters is 1. The molecule has 0 spiro atoms. The third kappa shape index (κ3) is 2.08. The number of ether oxygens (including phenoxy) is 1. The van der Waals surface area contributed by atoms with Crippen LogP contribution in [0.5, 0.6) is 0 Å². The number of hydrogen-bond acceptors (Lipinski definition) is 4. The lowest BCUT2D eigenvalue weighted by Crippen LogP contribution is -2.67. The first-order chi connectivity index (χ1) is 9.65.